The third-order valence-electron chi connectivity index (χ3n) is 7.31. The largest absolute Gasteiger partial charge is 0.378 e. The molecule has 1 atom stereocenters. The molecule has 3 heterocycles. The minimum Gasteiger partial charge on any atom is -0.378 e. The number of carbonyl (C=O) groups excluding carboxylic acids is 2. The van der Waals surface area contributed by atoms with Crippen LogP contribution in [0.15, 0.2) is 102 Å². The van der Waals surface area contributed by atoms with Crippen molar-refractivity contribution in [3.8, 4) is 0 Å². The van der Waals surface area contributed by atoms with E-state index < -0.39 is 0 Å². The van der Waals surface area contributed by atoms with Crippen LogP contribution in [0.3, 0.4) is 0 Å². The van der Waals surface area contributed by atoms with Crippen LogP contribution < -0.4 is 4.31 Å². The van der Waals surface area contributed by atoms with E-state index >= 15 is 0 Å². The van der Waals surface area contributed by atoms with Gasteiger partial charge in [-0.2, -0.15) is 0 Å². The van der Waals surface area contributed by atoms with Crippen LogP contribution in [0.5, 0.6) is 0 Å². The molecule has 0 bridgehead atoms. The fourth-order valence-electron chi connectivity index (χ4n) is 5.24. The van der Waals surface area contributed by atoms with Crippen molar-refractivity contribution < 1.29 is 14.3 Å². The Hall–Kier alpha value is -3.72. The molecule has 1 fully saturated rings. The van der Waals surface area contributed by atoms with Crippen molar-refractivity contribution in [1.82, 2.24) is 14.7 Å². The number of rotatable bonds is 9. The molecular weight excluding hydrogens is 508 g/mol. The number of carbonyl (C=O) groups is 2. The number of allylic oxidation sites excluding steroid dienone is 1. The second-order valence-corrected chi connectivity index (χ2v) is 11.4. The molecule has 2 amide bonds. The Morgan fingerprint density at radius 2 is 1.28 bits per heavy atom. The van der Waals surface area contributed by atoms with Crippen molar-refractivity contribution in [2.75, 3.05) is 56.8 Å². The first-order valence-corrected chi connectivity index (χ1v) is 14.6. The maximum Gasteiger partial charge on any atom is 0.261 e. The average molecular weight is 541 g/mol. The molecule has 200 valence electrons. The number of hydrogen-bond donors (Lipinski definition) is 0. The first-order valence-electron chi connectivity index (χ1n) is 13.4. The lowest BCUT2D eigenvalue weighted by atomic mass is 10.1. The number of ether oxygens (including phenoxy) is 1. The fourth-order valence-corrected chi connectivity index (χ4v) is 7.14. The van der Waals surface area contributed by atoms with Crippen LogP contribution in [-0.4, -0.2) is 84.4 Å². The van der Waals surface area contributed by atoms with Gasteiger partial charge in [0.25, 0.3) is 11.8 Å². The Bertz CT molecular complexity index is 1370. The molecule has 0 radical (unpaired) electrons. The van der Waals surface area contributed by atoms with Gasteiger partial charge in [-0.3, -0.25) is 23.7 Å². The predicted molar refractivity (Wildman–Crippen MR) is 156 cm³/mol. The minimum atomic E-state index is -0.228. The second kappa shape index (κ2) is 11.6. The zero-order valence-corrected chi connectivity index (χ0v) is 22.6. The van der Waals surface area contributed by atoms with Gasteiger partial charge in [0.1, 0.15) is 5.82 Å². The Morgan fingerprint density at radius 3 is 1.95 bits per heavy atom. The molecule has 1 unspecified atom stereocenters. The van der Waals surface area contributed by atoms with Crippen molar-refractivity contribution in [3.05, 3.63) is 108 Å². The molecule has 3 aromatic carbocycles. The highest BCUT2D eigenvalue weighted by atomic mass is 32.2. The quantitative estimate of drug-likeness (QED) is 0.229. The topological polar surface area (TPSA) is 56.3 Å². The lowest BCUT2D eigenvalue weighted by Crippen LogP contribution is -2.48. The van der Waals surface area contributed by atoms with E-state index in [-0.39, 0.29) is 29.0 Å². The lowest BCUT2D eigenvalue weighted by Gasteiger charge is -2.40. The summed E-state index contributed by atoms with van der Waals surface area (Å²) in [6.07, 6.45) is 2.28. The average Bonchev–Trinajstić information content (AvgIpc) is 3.54. The van der Waals surface area contributed by atoms with Crippen molar-refractivity contribution in [2.45, 2.75) is 4.90 Å². The second-order valence-electron chi connectivity index (χ2n) is 9.67. The van der Waals surface area contributed by atoms with Gasteiger partial charge in [0.2, 0.25) is 0 Å². The number of fused-ring (bicyclic) bond motifs is 1. The number of para-hydroxylation sites is 1. The zero-order chi connectivity index (χ0) is 26.6. The molecule has 3 aliphatic heterocycles. The van der Waals surface area contributed by atoms with Gasteiger partial charge in [0, 0.05) is 37.6 Å². The van der Waals surface area contributed by atoms with E-state index in [0.29, 0.717) is 24.3 Å². The number of imide groups is 1. The molecule has 39 heavy (non-hydrogen) atoms. The van der Waals surface area contributed by atoms with Gasteiger partial charge in [0.15, 0.2) is 0 Å². The lowest BCUT2D eigenvalue weighted by molar-refractivity contribution is 0.0508. The number of hydrogen-bond acceptors (Lipinski definition) is 6. The molecule has 3 aromatic rings. The van der Waals surface area contributed by atoms with Crippen LogP contribution in [-0.2, 0) is 4.74 Å². The van der Waals surface area contributed by atoms with Crippen molar-refractivity contribution in [1.29, 1.82) is 0 Å². The summed E-state index contributed by atoms with van der Waals surface area (Å²) in [5.74, 6) is 0.798. The smallest absolute Gasteiger partial charge is 0.261 e. The molecule has 0 aromatic heterocycles. The molecule has 0 N–H and O–H groups in total. The maximum atomic E-state index is 12.5. The van der Waals surface area contributed by atoms with Crippen molar-refractivity contribution >= 4 is 33.5 Å². The highest BCUT2D eigenvalue weighted by Crippen LogP contribution is 2.42. The highest BCUT2D eigenvalue weighted by molar-refractivity contribution is 8.16. The molecule has 1 saturated heterocycles. The summed E-state index contributed by atoms with van der Waals surface area (Å²) in [5.41, 5.74) is 2.17. The molecule has 6 rings (SSSR count). The third kappa shape index (κ3) is 5.28. The van der Waals surface area contributed by atoms with Crippen molar-refractivity contribution in [3.63, 3.8) is 0 Å². The summed E-state index contributed by atoms with van der Waals surface area (Å²) in [6.45, 7) is 5.85. The molecule has 8 heteroatoms. The molecule has 7 nitrogen and oxygen atoms in total. The number of nitrogens with zero attached hydrogens (tertiary/aromatic N) is 4. The van der Waals surface area contributed by atoms with Gasteiger partial charge < -0.3 is 9.64 Å². The summed E-state index contributed by atoms with van der Waals surface area (Å²) in [5, 5.41) is 2.33. The van der Waals surface area contributed by atoms with E-state index in [1.54, 1.807) is 24.3 Å². The fraction of sp³-hybridized carbons (Fsp3) is 0.258. The summed E-state index contributed by atoms with van der Waals surface area (Å²) in [4.78, 5) is 32.5. The molecule has 3 aliphatic rings. The van der Waals surface area contributed by atoms with Crippen LogP contribution in [0.1, 0.15) is 20.7 Å². The van der Waals surface area contributed by atoms with Gasteiger partial charge in [-0.05, 0) is 47.8 Å². The van der Waals surface area contributed by atoms with Crippen LogP contribution in [0.25, 0.3) is 0 Å². The Morgan fingerprint density at radius 1 is 0.692 bits per heavy atom. The van der Waals surface area contributed by atoms with E-state index in [1.807, 2.05) is 0 Å². The van der Waals surface area contributed by atoms with E-state index in [4.69, 9.17) is 4.74 Å². The van der Waals surface area contributed by atoms with Crippen LogP contribution in [0.2, 0.25) is 0 Å². The maximum absolute atomic E-state index is 12.5. The minimum absolute atomic E-state index is 0.158. The van der Waals surface area contributed by atoms with E-state index in [2.05, 4.69) is 86.2 Å². The molecular formula is C31H32N4O3S. The van der Waals surface area contributed by atoms with E-state index in [9.17, 15) is 9.59 Å². The van der Waals surface area contributed by atoms with Crippen molar-refractivity contribution in [2.24, 2.45) is 0 Å². The number of amides is 2. The molecule has 0 spiro atoms. The number of piperazine rings is 1. The first kappa shape index (κ1) is 25.6. The summed E-state index contributed by atoms with van der Waals surface area (Å²) in [7, 11) is -0.158. The zero-order valence-electron chi connectivity index (χ0n) is 21.8. The Balaban J connectivity index is 0.985. The third-order valence-corrected chi connectivity index (χ3v) is 9.25. The number of benzene rings is 3. The van der Waals surface area contributed by atoms with Gasteiger partial charge >= 0.3 is 0 Å². The summed E-state index contributed by atoms with van der Waals surface area (Å²) >= 11 is 0. The van der Waals surface area contributed by atoms with E-state index in [0.717, 1.165) is 32.7 Å². The SMILES string of the molecule is O=C1c2ccccc2C(=O)N1CCOCCN1CCN(C2=CC=S(c3ccccc3)N2c2ccccc2)CC1. The van der Waals surface area contributed by atoms with Gasteiger partial charge in [-0.1, -0.05) is 59.2 Å². The van der Waals surface area contributed by atoms with Crippen LogP contribution in [0.4, 0.5) is 5.69 Å². The Kier molecular flexibility index (Phi) is 7.58. The van der Waals surface area contributed by atoms with E-state index in [1.165, 1.54) is 21.3 Å². The monoisotopic (exact) mass is 540 g/mol. The highest BCUT2D eigenvalue weighted by Gasteiger charge is 2.34. The molecule has 0 saturated carbocycles. The van der Waals surface area contributed by atoms with Gasteiger partial charge in [-0.25, -0.2) is 0 Å². The Labute approximate surface area is 231 Å². The molecule has 0 aliphatic carbocycles. The number of anilines is 1. The van der Waals surface area contributed by atoms with Gasteiger partial charge in [-0.15, -0.1) is 0 Å². The first-order chi connectivity index (χ1) is 19.2. The van der Waals surface area contributed by atoms with Gasteiger partial charge in [0.05, 0.1) is 36.6 Å². The summed E-state index contributed by atoms with van der Waals surface area (Å²) in [6, 6.07) is 28.3. The predicted octanol–water partition coefficient (Wildman–Crippen LogP) is 4.32. The standard InChI is InChI=1S/C31H32N4O3S/c36-30-27-13-7-8-14-28(27)31(37)34(30)21-23-38-22-20-32-16-18-33(19-17-32)29-15-24-39(26-11-5-2-6-12-26)35(29)25-9-3-1-4-10-25/h1-15,24H,16-23H2. The summed E-state index contributed by atoms with van der Waals surface area (Å²) < 4.78 is 8.30. The normalized spacial score (nSPS) is 19.3. The van der Waals surface area contributed by atoms with Crippen LogP contribution >= 0.6 is 10.7 Å². The van der Waals surface area contributed by atoms with Crippen LogP contribution in [0, 0.1) is 0 Å².